The third-order valence-corrected chi connectivity index (χ3v) is 7.20. The van der Waals surface area contributed by atoms with E-state index in [4.69, 9.17) is 32.7 Å². The Morgan fingerprint density at radius 1 is 1.00 bits per heavy atom. The number of anilines is 1. The number of sulfonamides is 1. The number of piperidine rings is 1. The summed E-state index contributed by atoms with van der Waals surface area (Å²) in [5, 5.41) is 0.466. The highest BCUT2D eigenvalue weighted by Crippen LogP contribution is 2.31. The summed E-state index contributed by atoms with van der Waals surface area (Å²) in [4.78, 5) is 14.4. The molecule has 2 aliphatic rings. The zero-order valence-corrected chi connectivity index (χ0v) is 19.0. The molecule has 2 aromatic rings. The minimum atomic E-state index is -3.84. The van der Waals surface area contributed by atoms with Crippen LogP contribution >= 0.6 is 23.2 Å². The zero-order valence-electron chi connectivity index (χ0n) is 16.6. The highest BCUT2D eigenvalue weighted by Gasteiger charge is 2.40. The van der Waals surface area contributed by atoms with Crippen molar-refractivity contribution >= 4 is 44.8 Å². The predicted octanol–water partition coefficient (Wildman–Crippen LogP) is 3.70. The van der Waals surface area contributed by atoms with Gasteiger partial charge in [0.2, 0.25) is 5.91 Å². The van der Waals surface area contributed by atoms with Crippen LogP contribution in [0.2, 0.25) is 10.0 Å². The average molecular weight is 485 g/mol. The molecule has 2 saturated heterocycles. The number of likely N-dealkylation sites (tertiary alicyclic amines) is 1. The van der Waals surface area contributed by atoms with Gasteiger partial charge in [0.1, 0.15) is 0 Å². The Morgan fingerprint density at radius 3 is 2.16 bits per heavy atom. The number of amides is 1. The Kier molecular flexibility index (Phi) is 6.46. The summed E-state index contributed by atoms with van der Waals surface area (Å²) in [6.07, 6.45) is 1.59. The highest BCUT2D eigenvalue weighted by atomic mass is 35.5. The van der Waals surface area contributed by atoms with Gasteiger partial charge in [-0.1, -0.05) is 35.3 Å². The second kappa shape index (κ2) is 8.96. The molecule has 0 aromatic heterocycles. The fourth-order valence-corrected chi connectivity index (χ4v) is 5.54. The molecule has 0 unspecified atom stereocenters. The van der Waals surface area contributed by atoms with Gasteiger partial charge in [0.25, 0.3) is 10.0 Å². The fraction of sp³-hybridized carbons (Fsp3) is 0.381. The molecule has 10 heteroatoms. The Labute approximate surface area is 191 Å². The first-order valence-corrected chi connectivity index (χ1v) is 12.1. The van der Waals surface area contributed by atoms with E-state index in [9.17, 15) is 13.2 Å². The maximum Gasteiger partial charge on any atom is 0.261 e. The van der Waals surface area contributed by atoms with Crippen LogP contribution in [0.3, 0.4) is 0 Å². The standard InChI is InChI=1S/C21H22Cl2N2O5S/c22-16-12-17(23)14-19(13-16)31(27,28)24-18-3-1-15(2-4-18)11-20(26)25-7-5-21(6-8-25)29-9-10-30-21/h1-4,12-14,24H,5-11H2. The third-order valence-electron chi connectivity index (χ3n) is 5.40. The van der Waals surface area contributed by atoms with Crippen LogP contribution in [-0.2, 0) is 30.7 Å². The molecule has 7 nitrogen and oxygen atoms in total. The van der Waals surface area contributed by atoms with Crippen molar-refractivity contribution in [3.05, 3.63) is 58.1 Å². The molecule has 0 saturated carbocycles. The van der Waals surface area contributed by atoms with E-state index in [-0.39, 0.29) is 27.3 Å². The van der Waals surface area contributed by atoms with E-state index in [1.54, 1.807) is 24.3 Å². The second-order valence-electron chi connectivity index (χ2n) is 7.57. The number of nitrogens with zero attached hydrogens (tertiary/aromatic N) is 1. The van der Waals surface area contributed by atoms with Crippen LogP contribution in [0.5, 0.6) is 0 Å². The lowest BCUT2D eigenvalue weighted by Gasteiger charge is -2.37. The maximum atomic E-state index is 12.6. The van der Waals surface area contributed by atoms with Gasteiger partial charge in [-0.2, -0.15) is 0 Å². The number of hydrogen-bond donors (Lipinski definition) is 1. The predicted molar refractivity (Wildman–Crippen MR) is 118 cm³/mol. The van der Waals surface area contributed by atoms with Crippen LogP contribution in [-0.4, -0.2) is 51.3 Å². The van der Waals surface area contributed by atoms with Crippen LogP contribution in [0.25, 0.3) is 0 Å². The molecule has 0 atom stereocenters. The van der Waals surface area contributed by atoms with Crippen molar-refractivity contribution in [1.29, 1.82) is 0 Å². The van der Waals surface area contributed by atoms with E-state index in [0.29, 0.717) is 44.8 Å². The first-order chi connectivity index (χ1) is 14.7. The Hall–Kier alpha value is -1.84. The molecular formula is C21H22Cl2N2O5S. The quantitative estimate of drug-likeness (QED) is 0.698. The number of carbonyl (C=O) groups is 1. The molecule has 2 aromatic carbocycles. The lowest BCUT2D eigenvalue weighted by Crippen LogP contribution is -2.47. The molecule has 0 aliphatic carbocycles. The van der Waals surface area contributed by atoms with Crippen molar-refractivity contribution < 1.29 is 22.7 Å². The SMILES string of the molecule is O=C(Cc1ccc(NS(=O)(=O)c2cc(Cl)cc(Cl)c2)cc1)N1CCC2(CC1)OCCO2. The number of benzene rings is 2. The van der Waals surface area contributed by atoms with E-state index in [1.807, 2.05) is 4.90 Å². The van der Waals surface area contributed by atoms with Gasteiger partial charge in [-0.05, 0) is 35.9 Å². The van der Waals surface area contributed by atoms with Crippen LogP contribution in [0, 0.1) is 0 Å². The summed E-state index contributed by atoms with van der Waals surface area (Å²) >= 11 is 11.8. The summed E-state index contributed by atoms with van der Waals surface area (Å²) in [6.45, 7) is 2.40. The molecule has 31 heavy (non-hydrogen) atoms. The molecule has 1 N–H and O–H groups in total. The summed E-state index contributed by atoms with van der Waals surface area (Å²) in [5.41, 5.74) is 1.18. The topological polar surface area (TPSA) is 84.9 Å². The molecule has 2 fully saturated rings. The van der Waals surface area contributed by atoms with Gasteiger partial charge >= 0.3 is 0 Å². The number of halogens is 2. The highest BCUT2D eigenvalue weighted by molar-refractivity contribution is 7.92. The lowest BCUT2D eigenvalue weighted by atomic mass is 10.0. The largest absolute Gasteiger partial charge is 0.347 e. The number of carbonyl (C=O) groups excluding carboxylic acids is 1. The van der Waals surface area contributed by atoms with Crippen LogP contribution in [0.15, 0.2) is 47.4 Å². The summed E-state index contributed by atoms with van der Waals surface area (Å²) in [5.74, 6) is -0.488. The zero-order chi connectivity index (χ0) is 22.1. The van der Waals surface area contributed by atoms with Crippen molar-refractivity contribution in [2.45, 2.75) is 29.9 Å². The van der Waals surface area contributed by atoms with E-state index in [2.05, 4.69) is 4.72 Å². The molecule has 1 spiro atoms. The van der Waals surface area contributed by atoms with Gasteiger partial charge < -0.3 is 14.4 Å². The van der Waals surface area contributed by atoms with Gasteiger partial charge in [0.05, 0.1) is 24.5 Å². The summed E-state index contributed by atoms with van der Waals surface area (Å²) in [6, 6.07) is 10.8. The molecular weight excluding hydrogens is 463 g/mol. The Bertz CT molecular complexity index is 1040. The third kappa shape index (κ3) is 5.32. The summed E-state index contributed by atoms with van der Waals surface area (Å²) in [7, 11) is -3.84. The number of hydrogen-bond acceptors (Lipinski definition) is 5. The first kappa shape index (κ1) is 22.4. The van der Waals surface area contributed by atoms with Gasteiger partial charge in [0, 0.05) is 41.7 Å². The molecule has 166 valence electrons. The van der Waals surface area contributed by atoms with Crippen molar-refractivity contribution in [2.24, 2.45) is 0 Å². The number of rotatable bonds is 5. The van der Waals surface area contributed by atoms with E-state index >= 15 is 0 Å². The van der Waals surface area contributed by atoms with Crippen LogP contribution in [0.4, 0.5) is 5.69 Å². The fourth-order valence-electron chi connectivity index (χ4n) is 3.76. The van der Waals surface area contributed by atoms with Crippen molar-refractivity contribution in [1.82, 2.24) is 4.90 Å². The van der Waals surface area contributed by atoms with Crippen molar-refractivity contribution in [2.75, 3.05) is 31.0 Å². The van der Waals surface area contributed by atoms with Gasteiger partial charge in [-0.15, -0.1) is 0 Å². The van der Waals surface area contributed by atoms with Gasteiger partial charge in [-0.25, -0.2) is 8.42 Å². The normalized spacial score (nSPS) is 18.3. The minimum absolute atomic E-state index is 0.0229. The maximum absolute atomic E-state index is 12.6. The molecule has 2 aliphatic heterocycles. The average Bonchev–Trinajstić information content (AvgIpc) is 3.17. The monoisotopic (exact) mass is 484 g/mol. The summed E-state index contributed by atoms with van der Waals surface area (Å²) < 4.78 is 39.0. The molecule has 0 bridgehead atoms. The van der Waals surface area contributed by atoms with E-state index in [0.717, 1.165) is 5.56 Å². The lowest BCUT2D eigenvalue weighted by molar-refractivity contribution is -0.187. The van der Waals surface area contributed by atoms with E-state index in [1.165, 1.54) is 18.2 Å². The molecule has 2 heterocycles. The van der Waals surface area contributed by atoms with Gasteiger partial charge in [-0.3, -0.25) is 9.52 Å². The van der Waals surface area contributed by atoms with Crippen molar-refractivity contribution in [3.8, 4) is 0 Å². The van der Waals surface area contributed by atoms with E-state index < -0.39 is 15.8 Å². The molecule has 1 amide bonds. The molecule has 4 rings (SSSR count). The van der Waals surface area contributed by atoms with Crippen LogP contribution in [0.1, 0.15) is 18.4 Å². The van der Waals surface area contributed by atoms with Crippen molar-refractivity contribution in [3.63, 3.8) is 0 Å². The second-order valence-corrected chi connectivity index (χ2v) is 10.1. The minimum Gasteiger partial charge on any atom is -0.347 e. The molecule has 0 radical (unpaired) electrons. The first-order valence-electron chi connectivity index (χ1n) is 9.88. The smallest absolute Gasteiger partial charge is 0.261 e. The van der Waals surface area contributed by atoms with Crippen LogP contribution < -0.4 is 4.72 Å². The Balaban J connectivity index is 1.35. The van der Waals surface area contributed by atoms with Gasteiger partial charge in [0.15, 0.2) is 5.79 Å². The number of nitrogens with one attached hydrogen (secondary N) is 1. The Morgan fingerprint density at radius 2 is 1.58 bits per heavy atom. The number of ether oxygens (including phenoxy) is 2.